The number of Topliss-reactive ketones (excluding diaryl/α,β-unsaturated/α-hetero) is 1. The molecule has 8 nitrogen and oxygen atoms in total. The maximum absolute atomic E-state index is 11.7. The van der Waals surface area contributed by atoms with Gasteiger partial charge in [-0.25, -0.2) is 22.9 Å². The van der Waals surface area contributed by atoms with Crippen LogP contribution in [0, 0.1) is 0 Å². The van der Waals surface area contributed by atoms with Crippen molar-refractivity contribution in [1.29, 1.82) is 0 Å². The second-order valence-corrected chi connectivity index (χ2v) is 5.34. The predicted octanol–water partition coefficient (Wildman–Crippen LogP) is -0.415. The minimum Gasteiger partial charge on any atom is -0.465 e. The van der Waals surface area contributed by atoms with E-state index in [2.05, 4.69) is 9.71 Å². The number of hydrogen-bond acceptors (Lipinski definition) is 5. The molecule has 0 aliphatic heterocycles. The number of nitrogens with one attached hydrogen (secondary N) is 2. The molecule has 0 bridgehead atoms. The molecule has 1 aromatic heterocycles. The van der Waals surface area contributed by atoms with Crippen molar-refractivity contribution in [2.45, 2.75) is 18.0 Å². The van der Waals surface area contributed by atoms with Gasteiger partial charge < -0.3 is 10.4 Å². The Kier molecular flexibility index (Phi) is 4.95. The molecule has 0 radical (unpaired) electrons. The van der Waals surface area contributed by atoms with Crippen molar-refractivity contribution < 1.29 is 23.1 Å². The molecule has 19 heavy (non-hydrogen) atoms. The van der Waals surface area contributed by atoms with Gasteiger partial charge in [0.05, 0.1) is 12.6 Å². The number of sulfonamides is 1. The van der Waals surface area contributed by atoms with Gasteiger partial charge in [-0.15, -0.1) is 0 Å². The van der Waals surface area contributed by atoms with E-state index in [1.165, 1.54) is 25.3 Å². The fourth-order valence-electron chi connectivity index (χ4n) is 1.16. The van der Waals surface area contributed by atoms with E-state index in [4.69, 9.17) is 5.11 Å². The van der Waals surface area contributed by atoms with Gasteiger partial charge in [0.15, 0.2) is 10.8 Å². The van der Waals surface area contributed by atoms with Gasteiger partial charge in [0.1, 0.15) is 0 Å². The van der Waals surface area contributed by atoms with Crippen molar-refractivity contribution in [2.24, 2.45) is 0 Å². The molecule has 0 aliphatic carbocycles. The summed E-state index contributed by atoms with van der Waals surface area (Å²) in [4.78, 5) is 25.5. The molecule has 0 saturated carbocycles. The molecule has 0 aliphatic rings. The van der Waals surface area contributed by atoms with Crippen molar-refractivity contribution in [3.05, 3.63) is 24.4 Å². The van der Waals surface area contributed by atoms with E-state index >= 15 is 0 Å². The maximum Gasteiger partial charge on any atom is 0.405 e. The van der Waals surface area contributed by atoms with E-state index in [0.717, 1.165) is 0 Å². The Morgan fingerprint density at radius 1 is 1.42 bits per heavy atom. The molecule has 0 unspecified atom stereocenters. The number of hydrogen-bond donors (Lipinski definition) is 3. The molecule has 3 N–H and O–H groups in total. The Morgan fingerprint density at radius 2 is 2.11 bits per heavy atom. The average Bonchev–Trinajstić information content (AvgIpc) is 2.36. The van der Waals surface area contributed by atoms with Crippen molar-refractivity contribution >= 4 is 21.9 Å². The van der Waals surface area contributed by atoms with Gasteiger partial charge in [-0.1, -0.05) is 6.07 Å². The topological polar surface area (TPSA) is 125 Å². The molecular formula is C10H13N3O5S. The SMILES string of the molecule is C[C@H](NC(=O)O)C(=O)CNS(=O)(=O)c1ccccn1. The van der Waals surface area contributed by atoms with E-state index < -0.39 is 34.5 Å². The first-order valence-corrected chi connectivity index (χ1v) is 6.74. The van der Waals surface area contributed by atoms with Crippen LogP contribution in [-0.2, 0) is 14.8 Å². The van der Waals surface area contributed by atoms with Crippen LogP contribution in [0.15, 0.2) is 29.4 Å². The monoisotopic (exact) mass is 287 g/mol. The Balaban J connectivity index is 2.62. The molecule has 0 aromatic carbocycles. The number of carbonyl (C=O) groups is 2. The lowest BCUT2D eigenvalue weighted by Gasteiger charge is -2.10. The molecule has 1 atom stereocenters. The highest BCUT2D eigenvalue weighted by Gasteiger charge is 2.20. The number of rotatable bonds is 6. The summed E-state index contributed by atoms with van der Waals surface area (Å²) in [6, 6.07) is 3.34. The summed E-state index contributed by atoms with van der Waals surface area (Å²) in [5.74, 6) is -0.595. The van der Waals surface area contributed by atoms with Crippen LogP contribution >= 0.6 is 0 Å². The molecule has 1 heterocycles. The van der Waals surface area contributed by atoms with Crippen LogP contribution in [0.1, 0.15) is 6.92 Å². The zero-order chi connectivity index (χ0) is 14.5. The molecule has 9 heteroatoms. The molecule has 104 valence electrons. The first kappa shape index (κ1) is 15.1. The van der Waals surface area contributed by atoms with Crippen LogP contribution in [0.4, 0.5) is 4.79 Å². The van der Waals surface area contributed by atoms with Gasteiger partial charge in [0, 0.05) is 6.20 Å². The van der Waals surface area contributed by atoms with Crippen molar-refractivity contribution in [3.63, 3.8) is 0 Å². The van der Waals surface area contributed by atoms with Gasteiger partial charge in [-0.05, 0) is 19.1 Å². The first-order chi connectivity index (χ1) is 8.83. The van der Waals surface area contributed by atoms with Crippen molar-refractivity contribution in [3.8, 4) is 0 Å². The third-order valence-corrected chi connectivity index (χ3v) is 3.49. The zero-order valence-electron chi connectivity index (χ0n) is 10.0. The lowest BCUT2D eigenvalue weighted by atomic mass is 10.2. The van der Waals surface area contributed by atoms with Gasteiger partial charge in [0.2, 0.25) is 0 Å². The number of amides is 1. The number of aromatic nitrogens is 1. The Hall–Kier alpha value is -2.00. The quantitative estimate of drug-likeness (QED) is 0.652. The summed E-state index contributed by atoms with van der Waals surface area (Å²) < 4.78 is 25.5. The largest absolute Gasteiger partial charge is 0.465 e. The average molecular weight is 287 g/mol. The summed E-state index contributed by atoms with van der Waals surface area (Å²) in [6.07, 6.45) is -0.0428. The van der Waals surface area contributed by atoms with Gasteiger partial charge in [-0.2, -0.15) is 0 Å². The Labute approximate surface area is 109 Å². The van der Waals surface area contributed by atoms with Crippen LogP contribution in [0.5, 0.6) is 0 Å². The summed E-state index contributed by atoms with van der Waals surface area (Å²) in [7, 11) is -3.87. The van der Waals surface area contributed by atoms with Gasteiger partial charge in [0.25, 0.3) is 10.0 Å². The van der Waals surface area contributed by atoms with E-state index in [9.17, 15) is 18.0 Å². The molecular weight excluding hydrogens is 274 g/mol. The van der Waals surface area contributed by atoms with E-state index in [0.29, 0.717) is 0 Å². The standard InChI is InChI=1S/C10H13N3O5S/c1-7(13-10(15)16)8(14)6-12-19(17,18)9-4-2-3-5-11-9/h2-5,7,12-13H,6H2,1H3,(H,15,16)/t7-/m0/s1. The summed E-state index contributed by atoms with van der Waals surface area (Å²) >= 11 is 0. The van der Waals surface area contributed by atoms with Crippen LogP contribution in [0.25, 0.3) is 0 Å². The molecule has 1 aromatic rings. The fourth-order valence-corrected chi connectivity index (χ4v) is 2.10. The number of ketones is 1. The van der Waals surface area contributed by atoms with E-state index in [-0.39, 0.29) is 5.03 Å². The van der Waals surface area contributed by atoms with Gasteiger partial charge >= 0.3 is 6.09 Å². The summed E-state index contributed by atoms with van der Waals surface area (Å²) in [5, 5.41) is 10.2. The normalized spacial score (nSPS) is 12.7. The second-order valence-electron chi connectivity index (χ2n) is 3.63. The highest BCUT2D eigenvalue weighted by atomic mass is 32.2. The van der Waals surface area contributed by atoms with E-state index in [1.807, 2.05) is 5.32 Å². The number of pyridine rings is 1. The lowest BCUT2D eigenvalue weighted by molar-refractivity contribution is -0.119. The minimum atomic E-state index is -3.87. The number of nitrogens with zero attached hydrogens (tertiary/aromatic N) is 1. The molecule has 0 saturated heterocycles. The van der Waals surface area contributed by atoms with Crippen molar-refractivity contribution in [2.75, 3.05) is 6.54 Å². The number of carbonyl (C=O) groups excluding carboxylic acids is 1. The molecule has 1 rings (SSSR count). The van der Waals surface area contributed by atoms with Crippen LogP contribution in [0.3, 0.4) is 0 Å². The maximum atomic E-state index is 11.7. The third kappa shape index (κ3) is 4.64. The Bertz CT molecular complexity index is 558. The Morgan fingerprint density at radius 3 is 2.63 bits per heavy atom. The van der Waals surface area contributed by atoms with Gasteiger partial charge in [-0.3, -0.25) is 4.79 Å². The first-order valence-electron chi connectivity index (χ1n) is 5.26. The summed E-state index contributed by atoms with van der Waals surface area (Å²) in [5.41, 5.74) is 0. The third-order valence-electron chi connectivity index (χ3n) is 2.17. The molecule has 1 amide bonds. The smallest absolute Gasteiger partial charge is 0.405 e. The minimum absolute atomic E-state index is 0.207. The van der Waals surface area contributed by atoms with Crippen LogP contribution in [-0.4, -0.2) is 43.0 Å². The van der Waals surface area contributed by atoms with E-state index in [1.54, 1.807) is 6.07 Å². The highest BCUT2D eigenvalue weighted by Crippen LogP contribution is 2.02. The zero-order valence-corrected chi connectivity index (χ0v) is 10.8. The lowest BCUT2D eigenvalue weighted by Crippen LogP contribution is -2.43. The summed E-state index contributed by atoms with van der Waals surface area (Å²) in [6.45, 7) is 0.811. The van der Waals surface area contributed by atoms with Crippen LogP contribution < -0.4 is 10.0 Å². The molecule has 0 fully saturated rings. The van der Waals surface area contributed by atoms with Crippen molar-refractivity contribution in [1.82, 2.24) is 15.0 Å². The second kappa shape index (κ2) is 6.25. The highest BCUT2D eigenvalue weighted by molar-refractivity contribution is 7.89. The number of carboxylic acid groups (broad SMARTS) is 1. The van der Waals surface area contributed by atoms with Crippen LogP contribution in [0.2, 0.25) is 0 Å². The molecule has 0 spiro atoms. The predicted molar refractivity (Wildman–Crippen MR) is 65.1 cm³/mol. The fraction of sp³-hybridized carbons (Fsp3) is 0.300.